The van der Waals surface area contributed by atoms with Gasteiger partial charge in [-0.25, -0.2) is 13.2 Å². The highest BCUT2D eigenvalue weighted by Gasteiger charge is 2.35. The van der Waals surface area contributed by atoms with Crippen molar-refractivity contribution in [3.63, 3.8) is 0 Å². The predicted molar refractivity (Wildman–Crippen MR) is 95.5 cm³/mol. The molecular formula is C18H13Cl2F3N2O2. The van der Waals surface area contributed by atoms with Crippen molar-refractivity contribution in [1.29, 1.82) is 0 Å². The van der Waals surface area contributed by atoms with Crippen LogP contribution in [0.3, 0.4) is 0 Å². The summed E-state index contributed by atoms with van der Waals surface area (Å²) in [5.74, 6) is -5.66. The van der Waals surface area contributed by atoms with Crippen LogP contribution in [0.2, 0.25) is 10.0 Å². The summed E-state index contributed by atoms with van der Waals surface area (Å²) in [7, 11) is 0. The number of nitrogens with zero attached hydrogens (tertiary/aromatic N) is 1. The fraction of sp³-hybridized carbons (Fsp3) is 0.222. The van der Waals surface area contributed by atoms with Crippen molar-refractivity contribution in [2.24, 2.45) is 0 Å². The second-order valence-corrected chi connectivity index (χ2v) is 6.81. The highest BCUT2D eigenvalue weighted by Crippen LogP contribution is 2.27. The molecule has 0 saturated carbocycles. The fourth-order valence-electron chi connectivity index (χ4n) is 2.92. The Kier molecular flexibility index (Phi) is 5.62. The van der Waals surface area contributed by atoms with Gasteiger partial charge < -0.3 is 10.2 Å². The van der Waals surface area contributed by atoms with Crippen molar-refractivity contribution in [1.82, 2.24) is 4.90 Å². The molecule has 0 spiro atoms. The molecule has 27 heavy (non-hydrogen) atoms. The van der Waals surface area contributed by atoms with Gasteiger partial charge in [-0.05, 0) is 43.2 Å². The van der Waals surface area contributed by atoms with E-state index < -0.39 is 41.0 Å². The Balaban J connectivity index is 1.79. The van der Waals surface area contributed by atoms with Gasteiger partial charge in [0.25, 0.3) is 5.91 Å². The number of halogens is 5. The molecule has 2 aromatic carbocycles. The fourth-order valence-corrected chi connectivity index (χ4v) is 3.21. The van der Waals surface area contributed by atoms with Crippen molar-refractivity contribution in [3.8, 4) is 0 Å². The van der Waals surface area contributed by atoms with Crippen LogP contribution in [0, 0.1) is 17.5 Å². The van der Waals surface area contributed by atoms with Crippen LogP contribution in [-0.2, 0) is 4.79 Å². The lowest BCUT2D eigenvalue weighted by atomic mass is 10.1. The molecular weight excluding hydrogens is 404 g/mol. The molecule has 0 radical (unpaired) electrons. The molecule has 2 aromatic rings. The molecule has 1 saturated heterocycles. The first-order valence-electron chi connectivity index (χ1n) is 8.00. The van der Waals surface area contributed by atoms with Gasteiger partial charge in [0, 0.05) is 12.1 Å². The zero-order valence-corrected chi connectivity index (χ0v) is 15.3. The standard InChI is InChI=1S/C18H13Cl2F3N2O2/c19-10-4-3-9(8-11(10)20)18(27)25-7-1-2-14(25)17(26)24-13-6-5-12(21)15(22)16(13)23/h3-6,8,14H,1-2,7H2,(H,24,26). The number of nitrogens with one attached hydrogen (secondary N) is 1. The van der Waals surface area contributed by atoms with Crippen molar-refractivity contribution in [3.05, 3.63) is 63.4 Å². The lowest BCUT2D eigenvalue weighted by Crippen LogP contribution is -2.43. The number of carbonyl (C=O) groups excluding carboxylic acids is 2. The lowest BCUT2D eigenvalue weighted by Gasteiger charge is -2.24. The minimum absolute atomic E-state index is 0.201. The number of rotatable bonds is 3. The molecule has 142 valence electrons. The van der Waals surface area contributed by atoms with Crippen LogP contribution in [0.15, 0.2) is 30.3 Å². The molecule has 0 aliphatic carbocycles. The van der Waals surface area contributed by atoms with E-state index in [0.717, 1.165) is 6.07 Å². The van der Waals surface area contributed by atoms with Gasteiger partial charge >= 0.3 is 0 Å². The molecule has 1 N–H and O–H groups in total. The number of hydrogen-bond donors (Lipinski definition) is 1. The first-order valence-corrected chi connectivity index (χ1v) is 8.75. The number of likely N-dealkylation sites (tertiary alicyclic amines) is 1. The van der Waals surface area contributed by atoms with E-state index in [-0.39, 0.29) is 15.6 Å². The molecule has 2 amide bonds. The summed E-state index contributed by atoms with van der Waals surface area (Å²) < 4.78 is 40.1. The number of anilines is 1. The second kappa shape index (κ2) is 7.78. The SMILES string of the molecule is O=C(Nc1ccc(F)c(F)c1F)C1CCCN1C(=O)c1ccc(Cl)c(Cl)c1. The van der Waals surface area contributed by atoms with Gasteiger partial charge in [0.05, 0.1) is 15.7 Å². The molecule has 1 aliphatic rings. The van der Waals surface area contributed by atoms with Crippen LogP contribution < -0.4 is 5.32 Å². The van der Waals surface area contributed by atoms with E-state index in [1.807, 2.05) is 0 Å². The molecule has 1 heterocycles. The molecule has 0 bridgehead atoms. The third-order valence-corrected chi connectivity index (χ3v) is 5.01. The van der Waals surface area contributed by atoms with Crippen molar-refractivity contribution in [2.75, 3.05) is 11.9 Å². The minimum Gasteiger partial charge on any atom is -0.327 e. The van der Waals surface area contributed by atoms with E-state index in [9.17, 15) is 22.8 Å². The third-order valence-electron chi connectivity index (χ3n) is 4.28. The third kappa shape index (κ3) is 3.89. The first kappa shape index (κ1) is 19.5. The highest BCUT2D eigenvalue weighted by atomic mass is 35.5. The lowest BCUT2D eigenvalue weighted by molar-refractivity contribution is -0.119. The van der Waals surface area contributed by atoms with Gasteiger partial charge in [0.15, 0.2) is 17.5 Å². The van der Waals surface area contributed by atoms with Crippen molar-refractivity contribution in [2.45, 2.75) is 18.9 Å². The Bertz CT molecular complexity index is 924. The largest absolute Gasteiger partial charge is 0.327 e. The molecule has 9 heteroatoms. The zero-order valence-electron chi connectivity index (χ0n) is 13.7. The molecule has 4 nitrogen and oxygen atoms in total. The van der Waals surface area contributed by atoms with E-state index >= 15 is 0 Å². The smallest absolute Gasteiger partial charge is 0.254 e. The van der Waals surface area contributed by atoms with Crippen LogP contribution in [0.25, 0.3) is 0 Å². The molecule has 3 rings (SSSR count). The average molecular weight is 417 g/mol. The maximum Gasteiger partial charge on any atom is 0.254 e. The van der Waals surface area contributed by atoms with Gasteiger partial charge in [-0.2, -0.15) is 0 Å². The summed E-state index contributed by atoms with van der Waals surface area (Å²) in [5.41, 5.74) is -0.240. The summed E-state index contributed by atoms with van der Waals surface area (Å²) >= 11 is 11.8. The average Bonchev–Trinajstić information content (AvgIpc) is 3.13. The summed E-state index contributed by atoms with van der Waals surface area (Å²) in [6.07, 6.45) is 0.912. The maximum absolute atomic E-state index is 13.8. The monoisotopic (exact) mass is 416 g/mol. The Morgan fingerprint density at radius 2 is 1.78 bits per heavy atom. The van der Waals surface area contributed by atoms with Crippen LogP contribution in [0.5, 0.6) is 0 Å². The second-order valence-electron chi connectivity index (χ2n) is 6.00. The number of amides is 2. The van der Waals surface area contributed by atoms with Crippen LogP contribution in [-0.4, -0.2) is 29.3 Å². The van der Waals surface area contributed by atoms with E-state index in [1.165, 1.54) is 23.1 Å². The van der Waals surface area contributed by atoms with Gasteiger partial charge in [-0.1, -0.05) is 23.2 Å². The minimum atomic E-state index is -1.68. The summed E-state index contributed by atoms with van der Waals surface area (Å²) in [5, 5.41) is 2.71. The zero-order chi connectivity index (χ0) is 19.7. The van der Waals surface area contributed by atoms with Crippen LogP contribution in [0.1, 0.15) is 23.2 Å². The Morgan fingerprint density at radius 3 is 2.48 bits per heavy atom. The Morgan fingerprint density at radius 1 is 1.04 bits per heavy atom. The number of carbonyl (C=O) groups is 2. The molecule has 1 aliphatic heterocycles. The predicted octanol–water partition coefficient (Wildman–Crippen LogP) is 4.65. The molecule has 1 atom stereocenters. The molecule has 1 fully saturated rings. The maximum atomic E-state index is 13.8. The van der Waals surface area contributed by atoms with Crippen molar-refractivity contribution < 1.29 is 22.8 Å². The Labute approximate surface area is 162 Å². The number of hydrogen-bond acceptors (Lipinski definition) is 2. The quantitative estimate of drug-likeness (QED) is 0.740. The van der Waals surface area contributed by atoms with Crippen LogP contribution >= 0.6 is 23.2 Å². The topological polar surface area (TPSA) is 49.4 Å². The van der Waals surface area contributed by atoms with Crippen molar-refractivity contribution >= 4 is 40.7 Å². The van der Waals surface area contributed by atoms with Gasteiger partial charge in [0.1, 0.15) is 6.04 Å². The summed E-state index contributed by atoms with van der Waals surface area (Å²) in [6.45, 7) is 0.317. The molecule has 0 aromatic heterocycles. The highest BCUT2D eigenvalue weighted by molar-refractivity contribution is 6.42. The first-order chi connectivity index (χ1) is 12.8. The Hall–Kier alpha value is -2.25. The summed E-state index contributed by atoms with van der Waals surface area (Å²) in [4.78, 5) is 26.5. The normalized spacial score (nSPS) is 16.5. The number of benzene rings is 2. The van der Waals surface area contributed by atoms with E-state index in [2.05, 4.69) is 5.32 Å². The van der Waals surface area contributed by atoms with Gasteiger partial charge in [-0.3, -0.25) is 9.59 Å². The van der Waals surface area contributed by atoms with Gasteiger partial charge in [0.2, 0.25) is 5.91 Å². The van der Waals surface area contributed by atoms with E-state index in [4.69, 9.17) is 23.2 Å². The van der Waals surface area contributed by atoms with E-state index in [0.29, 0.717) is 25.5 Å². The summed E-state index contributed by atoms with van der Waals surface area (Å²) in [6, 6.07) is 5.11. The molecule has 1 unspecified atom stereocenters. The van der Waals surface area contributed by atoms with Crippen LogP contribution in [0.4, 0.5) is 18.9 Å². The van der Waals surface area contributed by atoms with Gasteiger partial charge in [-0.15, -0.1) is 0 Å². The van der Waals surface area contributed by atoms with E-state index in [1.54, 1.807) is 0 Å².